The first kappa shape index (κ1) is 14.6. The average molecular weight is 234 g/mol. The smallest absolute Gasteiger partial charge is 0.166 e. The third-order valence-corrected chi connectivity index (χ3v) is 1.86. The molecule has 0 aromatic rings. The number of rotatable bonds is 8. The van der Waals surface area contributed by atoms with E-state index in [1.54, 1.807) is 7.11 Å². The van der Waals surface area contributed by atoms with Crippen molar-refractivity contribution in [1.29, 1.82) is 0 Å². The van der Waals surface area contributed by atoms with E-state index in [4.69, 9.17) is 21.7 Å². The largest absolute Gasteiger partial charge is 0.383 e. The first-order chi connectivity index (χ1) is 7.16. The van der Waals surface area contributed by atoms with Crippen LogP contribution < -0.4 is 10.6 Å². The Bertz CT molecular complexity index is 166. The molecule has 0 saturated heterocycles. The lowest BCUT2D eigenvalue weighted by atomic mass is 10.2. The summed E-state index contributed by atoms with van der Waals surface area (Å²) in [6.07, 6.45) is 0. The quantitative estimate of drug-likeness (QED) is 0.480. The molecule has 5 heteroatoms. The van der Waals surface area contributed by atoms with E-state index >= 15 is 0 Å². The highest BCUT2D eigenvalue weighted by molar-refractivity contribution is 7.80. The molecule has 0 atom stereocenters. The van der Waals surface area contributed by atoms with Crippen LogP contribution in [-0.4, -0.2) is 45.1 Å². The maximum Gasteiger partial charge on any atom is 0.166 e. The second-order valence-electron chi connectivity index (χ2n) is 3.64. The van der Waals surface area contributed by atoms with Crippen molar-refractivity contribution in [1.82, 2.24) is 10.6 Å². The molecule has 0 unspecified atom stereocenters. The van der Waals surface area contributed by atoms with Crippen LogP contribution in [0, 0.1) is 5.92 Å². The van der Waals surface area contributed by atoms with Crippen LogP contribution in [0.5, 0.6) is 0 Å². The van der Waals surface area contributed by atoms with E-state index in [1.807, 2.05) is 0 Å². The third kappa shape index (κ3) is 11.5. The van der Waals surface area contributed by atoms with E-state index in [1.165, 1.54) is 0 Å². The third-order valence-electron chi connectivity index (χ3n) is 1.57. The summed E-state index contributed by atoms with van der Waals surface area (Å²) in [5, 5.41) is 6.73. The Hall–Kier alpha value is -0.390. The Kier molecular flexibility index (Phi) is 9.88. The Morgan fingerprint density at radius 2 is 1.80 bits per heavy atom. The molecule has 0 rings (SSSR count). The van der Waals surface area contributed by atoms with Crippen LogP contribution in [-0.2, 0) is 9.47 Å². The Morgan fingerprint density at radius 3 is 2.33 bits per heavy atom. The zero-order chi connectivity index (χ0) is 11.5. The van der Waals surface area contributed by atoms with Crippen molar-refractivity contribution in [3.63, 3.8) is 0 Å². The van der Waals surface area contributed by atoms with E-state index in [-0.39, 0.29) is 0 Å². The molecule has 15 heavy (non-hydrogen) atoms. The van der Waals surface area contributed by atoms with Crippen molar-refractivity contribution in [2.24, 2.45) is 5.92 Å². The van der Waals surface area contributed by atoms with Crippen molar-refractivity contribution in [3.8, 4) is 0 Å². The SMILES string of the molecule is COCCNC(=S)NCCOCC(C)C. The Labute approximate surface area is 97.7 Å². The fourth-order valence-corrected chi connectivity index (χ4v) is 1.09. The predicted molar refractivity (Wildman–Crippen MR) is 66.1 cm³/mol. The highest BCUT2D eigenvalue weighted by Crippen LogP contribution is 1.90. The molecule has 0 aliphatic carbocycles. The van der Waals surface area contributed by atoms with E-state index < -0.39 is 0 Å². The summed E-state index contributed by atoms with van der Waals surface area (Å²) in [5.74, 6) is 0.580. The van der Waals surface area contributed by atoms with Crippen LogP contribution in [0.25, 0.3) is 0 Å². The van der Waals surface area contributed by atoms with Gasteiger partial charge in [0, 0.05) is 26.8 Å². The van der Waals surface area contributed by atoms with Crippen LogP contribution >= 0.6 is 12.2 Å². The summed E-state index contributed by atoms with van der Waals surface area (Å²) in [5.41, 5.74) is 0. The molecule has 0 aliphatic heterocycles. The van der Waals surface area contributed by atoms with Gasteiger partial charge in [0.1, 0.15) is 0 Å². The van der Waals surface area contributed by atoms with E-state index in [0.717, 1.165) is 19.7 Å². The lowest BCUT2D eigenvalue weighted by Gasteiger charge is -2.11. The monoisotopic (exact) mass is 234 g/mol. The van der Waals surface area contributed by atoms with E-state index in [0.29, 0.717) is 24.2 Å². The van der Waals surface area contributed by atoms with Crippen molar-refractivity contribution in [2.45, 2.75) is 13.8 Å². The molecule has 90 valence electrons. The normalized spacial score (nSPS) is 10.4. The van der Waals surface area contributed by atoms with Gasteiger partial charge in [-0.15, -0.1) is 0 Å². The first-order valence-electron chi connectivity index (χ1n) is 5.25. The molecule has 4 nitrogen and oxygen atoms in total. The summed E-state index contributed by atoms with van der Waals surface area (Å²) >= 11 is 5.04. The minimum atomic E-state index is 0.580. The second kappa shape index (κ2) is 10.1. The minimum absolute atomic E-state index is 0.580. The number of hydrogen-bond donors (Lipinski definition) is 2. The van der Waals surface area contributed by atoms with Gasteiger partial charge >= 0.3 is 0 Å². The number of ether oxygens (including phenoxy) is 2. The summed E-state index contributed by atoms with van der Waals surface area (Å²) in [4.78, 5) is 0. The summed E-state index contributed by atoms with van der Waals surface area (Å²) < 4.78 is 10.3. The number of thiocarbonyl (C=S) groups is 1. The summed E-state index contributed by atoms with van der Waals surface area (Å²) in [6.45, 7) is 7.87. The van der Waals surface area contributed by atoms with Gasteiger partial charge in [-0.3, -0.25) is 0 Å². The van der Waals surface area contributed by atoms with Crippen molar-refractivity contribution in [3.05, 3.63) is 0 Å². The van der Waals surface area contributed by atoms with E-state index in [2.05, 4.69) is 24.5 Å². The predicted octanol–water partition coefficient (Wildman–Crippen LogP) is 0.769. The van der Waals surface area contributed by atoms with Crippen LogP contribution in [0.2, 0.25) is 0 Å². The number of hydrogen-bond acceptors (Lipinski definition) is 3. The Morgan fingerprint density at radius 1 is 1.20 bits per heavy atom. The van der Waals surface area contributed by atoms with E-state index in [9.17, 15) is 0 Å². The summed E-state index contributed by atoms with van der Waals surface area (Å²) in [6, 6.07) is 0. The maximum absolute atomic E-state index is 5.40. The second-order valence-corrected chi connectivity index (χ2v) is 4.05. The van der Waals surface area contributed by atoms with Gasteiger partial charge in [-0.05, 0) is 18.1 Å². The van der Waals surface area contributed by atoms with Gasteiger partial charge in [-0.2, -0.15) is 0 Å². The molecule has 0 bridgehead atoms. The van der Waals surface area contributed by atoms with Crippen LogP contribution in [0.1, 0.15) is 13.8 Å². The van der Waals surface area contributed by atoms with Gasteiger partial charge < -0.3 is 20.1 Å². The molecule has 2 N–H and O–H groups in total. The van der Waals surface area contributed by atoms with Gasteiger partial charge in [0.05, 0.1) is 13.2 Å². The molecule has 0 radical (unpaired) electrons. The van der Waals surface area contributed by atoms with Crippen molar-refractivity contribution >= 4 is 17.3 Å². The lowest BCUT2D eigenvalue weighted by Crippen LogP contribution is -2.38. The summed E-state index contributed by atoms with van der Waals surface area (Å²) in [7, 11) is 1.66. The first-order valence-corrected chi connectivity index (χ1v) is 5.66. The molecule has 0 spiro atoms. The minimum Gasteiger partial charge on any atom is -0.383 e. The molecule has 0 aromatic heterocycles. The lowest BCUT2D eigenvalue weighted by molar-refractivity contribution is 0.114. The Balaban J connectivity index is 3.17. The van der Waals surface area contributed by atoms with Gasteiger partial charge in [-0.25, -0.2) is 0 Å². The fraction of sp³-hybridized carbons (Fsp3) is 0.900. The standard InChI is InChI=1S/C10H22N2O2S/c1-9(2)8-14-7-5-12-10(15)11-4-6-13-3/h9H,4-8H2,1-3H3,(H2,11,12,15). The van der Waals surface area contributed by atoms with Gasteiger partial charge in [0.25, 0.3) is 0 Å². The van der Waals surface area contributed by atoms with Gasteiger partial charge in [0.2, 0.25) is 0 Å². The highest BCUT2D eigenvalue weighted by Gasteiger charge is 1.95. The molecular formula is C10H22N2O2S. The fourth-order valence-electron chi connectivity index (χ4n) is 0.885. The average Bonchev–Trinajstić information content (AvgIpc) is 2.17. The number of methoxy groups -OCH3 is 1. The molecular weight excluding hydrogens is 212 g/mol. The van der Waals surface area contributed by atoms with Crippen molar-refractivity contribution in [2.75, 3.05) is 40.0 Å². The highest BCUT2D eigenvalue weighted by atomic mass is 32.1. The van der Waals surface area contributed by atoms with Crippen molar-refractivity contribution < 1.29 is 9.47 Å². The molecule has 0 heterocycles. The molecule has 0 fully saturated rings. The van der Waals surface area contributed by atoms with Crippen LogP contribution in [0.3, 0.4) is 0 Å². The van der Waals surface area contributed by atoms with Crippen LogP contribution in [0.15, 0.2) is 0 Å². The topological polar surface area (TPSA) is 42.5 Å². The number of nitrogens with one attached hydrogen (secondary N) is 2. The molecule has 0 aliphatic rings. The molecule has 0 aromatic carbocycles. The zero-order valence-corrected chi connectivity index (χ0v) is 10.7. The maximum atomic E-state index is 5.40. The van der Waals surface area contributed by atoms with Crippen LogP contribution in [0.4, 0.5) is 0 Å². The van der Waals surface area contributed by atoms with Gasteiger partial charge in [0.15, 0.2) is 5.11 Å². The molecule has 0 amide bonds. The molecule has 0 saturated carbocycles. The zero-order valence-electron chi connectivity index (χ0n) is 9.84. The van der Waals surface area contributed by atoms with Gasteiger partial charge in [-0.1, -0.05) is 13.8 Å².